The smallest absolute Gasteiger partial charge is 0.292 e. The first-order valence-corrected chi connectivity index (χ1v) is 5.90. The average molecular weight is 308 g/mol. The van der Waals surface area contributed by atoms with Crippen LogP contribution in [0.25, 0.3) is 0 Å². The SMILES string of the molecule is N[C@@]1(C(F)(F)CO)CCOc2ccc(Br)cc21. The quantitative estimate of drug-likeness (QED) is 0.879. The summed E-state index contributed by atoms with van der Waals surface area (Å²) in [4.78, 5) is 0. The molecule has 94 valence electrons. The van der Waals surface area contributed by atoms with Crippen LogP contribution < -0.4 is 10.5 Å². The molecule has 0 saturated heterocycles. The number of alkyl halides is 2. The Bertz CT molecular complexity index is 441. The Labute approximate surface area is 106 Å². The van der Waals surface area contributed by atoms with Crippen LogP contribution in [0.4, 0.5) is 8.78 Å². The molecule has 2 rings (SSSR count). The topological polar surface area (TPSA) is 55.5 Å². The molecule has 0 saturated carbocycles. The van der Waals surface area contributed by atoms with Crippen LogP contribution in [0.3, 0.4) is 0 Å². The van der Waals surface area contributed by atoms with Crippen molar-refractivity contribution in [3.8, 4) is 5.75 Å². The van der Waals surface area contributed by atoms with Gasteiger partial charge in [0.25, 0.3) is 5.92 Å². The zero-order valence-corrected chi connectivity index (χ0v) is 10.5. The van der Waals surface area contributed by atoms with Crippen LogP contribution in [0.15, 0.2) is 22.7 Å². The number of nitrogens with two attached hydrogens (primary N) is 1. The van der Waals surface area contributed by atoms with Crippen molar-refractivity contribution >= 4 is 15.9 Å². The van der Waals surface area contributed by atoms with Gasteiger partial charge in [-0.2, -0.15) is 0 Å². The molecule has 0 bridgehead atoms. The molecule has 0 aliphatic carbocycles. The molecular formula is C11H12BrF2NO2. The summed E-state index contributed by atoms with van der Waals surface area (Å²) in [6, 6.07) is 4.80. The molecule has 1 atom stereocenters. The first-order valence-electron chi connectivity index (χ1n) is 5.11. The van der Waals surface area contributed by atoms with Crippen molar-refractivity contribution in [2.24, 2.45) is 5.73 Å². The van der Waals surface area contributed by atoms with Crippen molar-refractivity contribution in [3.63, 3.8) is 0 Å². The number of hydrogen-bond donors (Lipinski definition) is 2. The van der Waals surface area contributed by atoms with Gasteiger partial charge in [-0.3, -0.25) is 0 Å². The van der Waals surface area contributed by atoms with Gasteiger partial charge in [0.05, 0.1) is 6.61 Å². The maximum Gasteiger partial charge on any atom is 0.292 e. The molecular weight excluding hydrogens is 296 g/mol. The van der Waals surface area contributed by atoms with Gasteiger partial charge in [-0.25, -0.2) is 8.78 Å². The van der Waals surface area contributed by atoms with Crippen LogP contribution in [0.2, 0.25) is 0 Å². The lowest BCUT2D eigenvalue weighted by molar-refractivity contribution is -0.124. The van der Waals surface area contributed by atoms with Crippen LogP contribution >= 0.6 is 15.9 Å². The fourth-order valence-corrected chi connectivity index (χ4v) is 2.32. The molecule has 3 nitrogen and oxygen atoms in total. The fourth-order valence-electron chi connectivity index (χ4n) is 1.95. The van der Waals surface area contributed by atoms with Gasteiger partial charge in [0.2, 0.25) is 0 Å². The Hall–Kier alpha value is -0.720. The summed E-state index contributed by atoms with van der Waals surface area (Å²) in [5.41, 5.74) is 4.15. The van der Waals surface area contributed by atoms with Gasteiger partial charge in [-0.1, -0.05) is 15.9 Å². The van der Waals surface area contributed by atoms with Crippen LogP contribution in [0, 0.1) is 0 Å². The first-order chi connectivity index (χ1) is 7.90. The summed E-state index contributed by atoms with van der Waals surface area (Å²) in [5, 5.41) is 8.82. The van der Waals surface area contributed by atoms with E-state index in [4.69, 9.17) is 15.6 Å². The summed E-state index contributed by atoms with van der Waals surface area (Å²) in [6.07, 6.45) is -0.0377. The second-order valence-electron chi connectivity index (χ2n) is 4.07. The molecule has 1 aliphatic rings. The molecule has 17 heavy (non-hydrogen) atoms. The Kier molecular flexibility index (Phi) is 3.14. The molecule has 1 aromatic carbocycles. The third-order valence-corrected chi connectivity index (χ3v) is 3.52. The summed E-state index contributed by atoms with van der Waals surface area (Å²) < 4.78 is 33.5. The van der Waals surface area contributed by atoms with E-state index >= 15 is 0 Å². The van der Waals surface area contributed by atoms with Crippen LogP contribution in [0.5, 0.6) is 5.75 Å². The lowest BCUT2D eigenvalue weighted by atomic mass is 9.80. The number of rotatable bonds is 2. The van der Waals surface area contributed by atoms with E-state index in [2.05, 4.69) is 15.9 Å². The fraction of sp³-hybridized carbons (Fsp3) is 0.455. The van der Waals surface area contributed by atoms with Gasteiger partial charge < -0.3 is 15.6 Å². The van der Waals surface area contributed by atoms with E-state index in [1.54, 1.807) is 12.1 Å². The number of ether oxygens (including phenoxy) is 1. The highest BCUT2D eigenvalue weighted by Gasteiger charge is 2.54. The second-order valence-corrected chi connectivity index (χ2v) is 4.99. The molecule has 0 aromatic heterocycles. The molecule has 1 heterocycles. The zero-order valence-electron chi connectivity index (χ0n) is 8.92. The van der Waals surface area contributed by atoms with Crippen LogP contribution in [-0.2, 0) is 5.54 Å². The molecule has 0 amide bonds. The predicted molar refractivity (Wildman–Crippen MR) is 62.2 cm³/mol. The Morgan fingerprint density at radius 2 is 2.24 bits per heavy atom. The molecule has 1 aromatic rings. The van der Waals surface area contributed by atoms with E-state index in [0.717, 1.165) is 0 Å². The third kappa shape index (κ3) is 1.94. The van der Waals surface area contributed by atoms with Crippen molar-refractivity contribution in [2.45, 2.75) is 17.9 Å². The number of hydrogen-bond acceptors (Lipinski definition) is 3. The van der Waals surface area contributed by atoms with E-state index < -0.39 is 18.1 Å². The van der Waals surface area contributed by atoms with Crippen LogP contribution in [0.1, 0.15) is 12.0 Å². The van der Waals surface area contributed by atoms with Gasteiger partial charge in [0, 0.05) is 16.5 Å². The maximum atomic E-state index is 13.8. The normalized spacial score (nSPS) is 24.1. The van der Waals surface area contributed by atoms with Gasteiger partial charge in [0.1, 0.15) is 17.9 Å². The Morgan fingerprint density at radius 3 is 2.88 bits per heavy atom. The molecule has 6 heteroatoms. The number of halogens is 3. The summed E-state index contributed by atoms with van der Waals surface area (Å²) in [7, 11) is 0. The Balaban J connectivity index is 2.57. The van der Waals surface area contributed by atoms with E-state index in [1.807, 2.05) is 0 Å². The van der Waals surface area contributed by atoms with Gasteiger partial charge in [-0.15, -0.1) is 0 Å². The van der Waals surface area contributed by atoms with Crippen LogP contribution in [-0.4, -0.2) is 24.2 Å². The van der Waals surface area contributed by atoms with Crippen molar-refractivity contribution in [1.29, 1.82) is 0 Å². The lowest BCUT2D eigenvalue weighted by Gasteiger charge is -2.40. The third-order valence-electron chi connectivity index (χ3n) is 3.03. The Morgan fingerprint density at radius 1 is 1.53 bits per heavy atom. The zero-order chi connectivity index (χ0) is 12.7. The molecule has 3 N–H and O–H groups in total. The van der Waals surface area contributed by atoms with E-state index in [1.165, 1.54) is 6.07 Å². The molecule has 0 unspecified atom stereocenters. The van der Waals surface area contributed by atoms with Crippen molar-refractivity contribution < 1.29 is 18.6 Å². The molecule has 1 aliphatic heterocycles. The standard InChI is InChI=1S/C11H12BrF2NO2/c12-7-1-2-9-8(5-7)10(15,3-4-17-9)11(13,14)6-16/h1-2,5,16H,3-4,6,15H2/t10-/m0/s1. The summed E-state index contributed by atoms with van der Waals surface area (Å²) in [6.45, 7) is -1.17. The van der Waals surface area contributed by atoms with Gasteiger partial charge in [-0.05, 0) is 18.2 Å². The van der Waals surface area contributed by atoms with E-state index in [9.17, 15) is 8.78 Å². The number of aliphatic hydroxyl groups is 1. The molecule has 0 spiro atoms. The minimum atomic E-state index is -3.38. The molecule has 0 fully saturated rings. The van der Waals surface area contributed by atoms with E-state index in [-0.39, 0.29) is 18.6 Å². The second kappa shape index (κ2) is 4.19. The average Bonchev–Trinajstić information content (AvgIpc) is 2.30. The summed E-state index contributed by atoms with van der Waals surface area (Å²) in [5.74, 6) is -3.04. The van der Waals surface area contributed by atoms with Crippen molar-refractivity contribution in [1.82, 2.24) is 0 Å². The lowest BCUT2D eigenvalue weighted by Crippen LogP contribution is -2.57. The molecule has 0 radical (unpaired) electrons. The first kappa shape index (κ1) is 12.7. The monoisotopic (exact) mass is 307 g/mol. The maximum absolute atomic E-state index is 13.8. The number of benzene rings is 1. The highest BCUT2D eigenvalue weighted by Crippen LogP contribution is 2.45. The highest BCUT2D eigenvalue weighted by atomic mass is 79.9. The number of fused-ring (bicyclic) bond motifs is 1. The van der Waals surface area contributed by atoms with Crippen molar-refractivity contribution in [2.75, 3.05) is 13.2 Å². The largest absolute Gasteiger partial charge is 0.493 e. The predicted octanol–water partition coefficient (Wildman–Crippen LogP) is 2.01. The van der Waals surface area contributed by atoms with Gasteiger partial charge >= 0.3 is 0 Å². The minimum Gasteiger partial charge on any atom is -0.493 e. The summed E-state index contributed by atoms with van der Waals surface area (Å²) >= 11 is 3.21. The minimum absolute atomic E-state index is 0.0377. The highest BCUT2D eigenvalue weighted by molar-refractivity contribution is 9.10. The van der Waals surface area contributed by atoms with E-state index in [0.29, 0.717) is 10.2 Å². The number of aliphatic hydroxyl groups excluding tert-OH is 1. The van der Waals surface area contributed by atoms with Gasteiger partial charge in [0.15, 0.2) is 0 Å². The van der Waals surface area contributed by atoms with Crippen molar-refractivity contribution in [3.05, 3.63) is 28.2 Å².